The van der Waals surface area contributed by atoms with Crippen LogP contribution in [0.4, 0.5) is 15.8 Å². The van der Waals surface area contributed by atoms with Gasteiger partial charge >= 0.3 is 0 Å². The molecule has 0 saturated carbocycles. The molecule has 9 heteroatoms. The summed E-state index contributed by atoms with van der Waals surface area (Å²) < 4.78 is 13.3. The smallest absolute Gasteiger partial charge is 0.272 e. The van der Waals surface area contributed by atoms with E-state index in [1.807, 2.05) is 42.5 Å². The monoisotopic (exact) mass is 615 g/mol. The van der Waals surface area contributed by atoms with Crippen molar-refractivity contribution in [2.45, 2.75) is 16.6 Å². The molecule has 1 unspecified atom stereocenters. The Morgan fingerprint density at radius 3 is 2.24 bits per heavy atom. The van der Waals surface area contributed by atoms with Crippen LogP contribution in [-0.2, 0) is 14.4 Å². The van der Waals surface area contributed by atoms with E-state index in [-0.39, 0.29) is 23.9 Å². The summed E-state index contributed by atoms with van der Waals surface area (Å²) in [6.07, 6.45) is 1.67. The number of halogens is 1. The van der Waals surface area contributed by atoms with Crippen LogP contribution in [0, 0.1) is 5.82 Å². The number of carbonyl (C=O) groups is 4. The van der Waals surface area contributed by atoms with Gasteiger partial charge in [0.15, 0.2) is 0 Å². The van der Waals surface area contributed by atoms with Crippen molar-refractivity contribution in [2.24, 2.45) is 0 Å². The maximum atomic E-state index is 13.5. The van der Waals surface area contributed by atoms with E-state index in [1.54, 1.807) is 60.7 Å². The van der Waals surface area contributed by atoms with E-state index in [2.05, 4.69) is 10.6 Å². The molecule has 5 aromatic rings. The Kier molecular flexibility index (Phi) is 8.52. The Hall–Kier alpha value is -5.54. The third-order valence-corrected chi connectivity index (χ3v) is 8.43. The topological polar surface area (TPSA) is 95.6 Å². The number of thioether (sulfide) groups is 1. The minimum Gasteiger partial charge on any atom is -0.321 e. The second-order valence-corrected chi connectivity index (χ2v) is 11.6. The van der Waals surface area contributed by atoms with Gasteiger partial charge in [-0.05, 0) is 83.1 Å². The molecule has 45 heavy (non-hydrogen) atoms. The van der Waals surface area contributed by atoms with E-state index in [0.29, 0.717) is 16.9 Å². The minimum absolute atomic E-state index is 0.0167. The first kappa shape index (κ1) is 29.5. The number of benzene rings is 5. The van der Waals surface area contributed by atoms with Crippen molar-refractivity contribution in [1.29, 1.82) is 0 Å². The van der Waals surface area contributed by atoms with Gasteiger partial charge < -0.3 is 10.6 Å². The molecule has 222 valence electrons. The van der Waals surface area contributed by atoms with Crippen LogP contribution in [-0.4, -0.2) is 28.9 Å². The van der Waals surface area contributed by atoms with E-state index in [4.69, 9.17) is 0 Å². The van der Waals surface area contributed by atoms with Crippen LogP contribution in [0.15, 0.2) is 132 Å². The molecule has 1 atom stereocenters. The standard InChI is InChI=1S/C36H26FN3O4S/c37-26-13-17-28(18-14-26)40-33(41)22-32(36(40)44)45-29-19-15-27(16-20-29)38-35(43)31(39-34(42)24-8-2-1-3-9-24)21-25-11-6-10-23-7-4-5-12-30(23)25/h1-21,32H,22H2,(H,38,43)(H,39,42)/b31-21-. The molecule has 0 bridgehead atoms. The van der Waals surface area contributed by atoms with E-state index in [9.17, 15) is 23.6 Å². The predicted octanol–water partition coefficient (Wildman–Crippen LogP) is 6.81. The van der Waals surface area contributed by atoms with E-state index in [1.165, 1.54) is 36.0 Å². The van der Waals surface area contributed by atoms with Gasteiger partial charge in [0.2, 0.25) is 11.8 Å². The lowest BCUT2D eigenvalue weighted by Crippen LogP contribution is -2.31. The number of rotatable bonds is 8. The Bertz CT molecular complexity index is 1940. The first-order valence-electron chi connectivity index (χ1n) is 14.1. The third kappa shape index (κ3) is 6.68. The summed E-state index contributed by atoms with van der Waals surface area (Å²) in [4.78, 5) is 54.0. The predicted molar refractivity (Wildman–Crippen MR) is 174 cm³/mol. The van der Waals surface area contributed by atoms with Gasteiger partial charge in [0.1, 0.15) is 11.5 Å². The van der Waals surface area contributed by atoms with Crippen molar-refractivity contribution in [3.63, 3.8) is 0 Å². The Morgan fingerprint density at radius 2 is 1.49 bits per heavy atom. The molecule has 1 aliphatic rings. The van der Waals surface area contributed by atoms with Crippen LogP contribution in [0.2, 0.25) is 0 Å². The highest BCUT2D eigenvalue weighted by Crippen LogP contribution is 2.34. The van der Waals surface area contributed by atoms with Crippen molar-refractivity contribution in [3.05, 3.63) is 144 Å². The molecule has 1 heterocycles. The van der Waals surface area contributed by atoms with E-state index in [0.717, 1.165) is 26.1 Å². The average Bonchev–Trinajstić information content (AvgIpc) is 3.34. The average molecular weight is 616 g/mol. The van der Waals surface area contributed by atoms with Gasteiger partial charge in [-0.3, -0.25) is 19.2 Å². The van der Waals surface area contributed by atoms with Crippen molar-refractivity contribution < 1.29 is 23.6 Å². The lowest BCUT2D eigenvalue weighted by molar-refractivity contribution is -0.121. The normalized spacial score (nSPS) is 14.9. The Morgan fingerprint density at radius 1 is 0.800 bits per heavy atom. The number of carbonyl (C=O) groups excluding carboxylic acids is 4. The molecule has 0 aromatic heterocycles. The highest BCUT2D eigenvalue weighted by Gasteiger charge is 2.40. The van der Waals surface area contributed by atoms with Crippen LogP contribution in [0.25, 0.3) is 16.8 Å². The molecule has 0 aliphatic carbocycles. The molecule has 0 radical (unpaired) electrons. The number of nitrogens with zero attached hydrogens (tertiary/aromatic N) is 1. The molecule has 7 nitrogen and oxygen atoms in total. The fraction of sp³-hybridized carbons (Fsp3) is 0.0556. The maximum Gasteiger partial charge on any atom is 0.272 e. The van der Waals surface area contributed by atoms with Gasteiger partial charge in [-0.1, -0.05) is 60.7 Å². The molecule has 1 aliphatic heterocycles. The van der Waals surface area contributed by atoms with E-state index < -0.39 is 22.9 Å². The number of anilines is 2. The first-order chi connectivity index (χ1) is 21.9. The van der Waals surface area contributed by atoms with Crippen molar-refractivity contribution in [3.8, 4) is 0 Å². The number of hydrogen-bond acceptors (Lipinski definition) is 5. The quantitative estimate of drug-likeness (QED) is 0.148. The summed E-state index contributed by atoms with van der Waals surface area (Å²) >= 11 is 1.24. The second kappa shape index (κ2) is 13.0. The number of fused-ring (bicyclic) bond motifs is 1. The van der Waals surface area contributed by atoms with Crippen LogP contribution in [0.3, 0.4) is 0 Å². The van der Waals surface area contributed by atoms with Gasteiger partial charge in [-0.2, -0.15) is 0 Å². The van der Waals surface area contributed by atoms with Gasteiger partial charge in [0.05, 0.1) is 10.9 Å². The molecule has 5 aromatic carbocycles. The number of hydrogen-bond donors (Lipinski definition) is 2. The fourth-order valence-electron chi connectivity index (χ4n) is 5.01. The Balaban J connectivity index is 1.19. The summed E-state index contributed by atoms with van der Waals surface area (Å²) in [6.45, 7) is 0. The maximum absolute atomic E-state index is 13.5. The summed E-state index contributed by atoms with van der Waals surface area (Å²) in [5.74, 6) is -2.11. The molecular weight excluding hydrogens is 589 g/mol. The summed E-state index contributed by atoms with van der Waals surface area (Å²) in [6, 6.07) is 34.2. The van der Waals surface area contributed by atoms with Crippen molar-refractivity contribution in [1.82, 2.24) is 5.32 Å². The van der Waals surface area contributed by atoms with Gasteiger partial charge in [0, 0.05) is 22.6 Å². The second-order valence-electron chi connectivity index (χ2n) is 10.3. The number of nitrogens with one attached hydrogen (secondary N) is 2. The SMILES string of the molecule is O=C(Nc1ccc(SC2CC(=O)N(c3ccc(F)cc3)C2=O)cc1)/C(=C/c1cccc2ccccc12)NC(=O)c1ccccc1. The minimum atomic E-state index is -0.633. The lowest BCUT2D eigenvalue weighted by atomic mass is 10.0. The zero-order valence-electron chi connectivity index (χ0n) is 23.8. The van der Waals surface area contributed by atoms with Crippen molar-refractivity contribution in [2.75, 3.05) is 10.2 Å². The molecule has 2 N–H and O–H groups in total. The summed E-state index contributed by atoms with van der Waals surface area (Å²) in [5.41, 5.74) is 2.05. The molecular formula is C36H26FN3O4S. The van der Waals surface area contributed by atoms with Crippen LogP contribution >= 0.6 is 11.8 Å². The highest BCUT2D eigenvalue weighted by atomic mass is 32.2. The summed E-state index contributed by atoms with van der Waals surface area (Å²) in [5, 5.41) is 6.91. The zero-order chi connectivity index (χ0) is 31.3. The number of amides is 4. The molecule has 4 amide bonds. The summed E-state index contributed by atoms with van der Waals surface area (Å²) in [7, 11) is 0. The zero-order valence-corrected chi connectivity index (χ0v) is 24.6. The van der Waals surface area contributed by atoms with E-state index >= 15 is 0 Å². The molecule has 6 rings (SSSR count). The first-order valence-corrected chi connectivity index (χ1v) is 15.0. The largest absolute Gasteiger partial charge is 0.321 e. The highest BCUT2D eigenvalue weighted by molar-refractivity contribution is 8.00. The van der Waals surface area contributed by atoms with Gasteiger partial charge in [-0.25, -0.2) is 9.29 Å². The van der Waals surface area contributed by atoms with Crippen molar-refractivity contribution >= 4 is 63.6 Å². The van der Waals surface area contributed by atoms with Crippen LogP contribution in [0.1, 0.15) is 22.3 Å². The van der Waals surface area contributed by atoms with Crippen LogP contribution in [0.5, 0.6) is 0 Å². The van der Waals surface area contributed by atoms with Gasteiger partial charge in [-0.15, -0.1) is 11.8 Å². The Labute approximate surface area is 262 Å². The molecule has 0 spiro atoms. The van der Waals surface area contributed by atoms with Crippen LogP contribution < -0.4 is 15.5 Å². The molecule has 1 saturated heterocycles. The number of imide groups is 1. The third-order valence-electron chi connectivity index (χ3n) is 7.23. The fourth-order valence-corrected chi connectivity index (χ4v) is 6.07. The molecule has 1 fully saturated rings. The van der Waals surface area contributed by atoms with Gasteiger partial charge in [0.25, 0.3) is 11.8 Å². The lowest BCUT2D eigenvalue weighted by Gasteiger charge is -2.15.